The van der Waals surface area contributed by atoms with Gasteiger partial charge in [-0.3, -0.25) is 0 Å². The lowest BCUT2D eigenvalue weighted by Crippen LogP contribution is -2.40. The highest BCUT2D eigenvalue weighted by Crippen LogP contribution is 2.37. The Hall–Kier alpha value is -2.55. The minimum atomic E-state index is -4.76. The third-order valence-electron chi connectivity index (χ3n) is 4.45. The Bertz CT molecular complexity index is 990. The summed E-state index contributed by atoms with van der Waals surface area (Å²) in [6.07, 6.45) is -5.18. The molecule has 2 heterocycles. The van der Waals surface area contributed by atoms with Crippen molar-refractivity contribution in [3.63, 3.8) is 0 Å². The van der Waals surface area contributed by atoms with Gasteiger partial charge >= 0.3 is 12.3 Å². The van der Waals surface area contributed by atoms with Gasteiger partial charge in [-0.15, -0.1) is 0 Å². The summed E-state index contributed by atoms with van der Waals surface area (Å²) in [5, 5.41) is 0.162. The Morgan fingerprint density at radius 2 is 1.94 bits per heavy atom. The van der Waals surface area contributed by atoms with E-state index in [-0.39, 0.29) is 35.8 Å². The fourth-order valence-electron chi connectivity index (χ4n) is 3.04. The molecule has 10 heteroatoms. The molecule has 0 N–H and O–H groups in total. The van der Waals surface area contributed by atoms with Crippen LogP contribution in [0.3, 0.4) is 0 Å². The molecule has 1 aromatic carbocycles. The van der Waals surface area contributed by atoms with Crippen LogP contribution in [0.1, 0.15) is 43.3 Å². The molecule has 0 saturated carbocycles. The zero-order valence-electron chi connectivity index (χ0n) is 17.1. The average molecular weight is 461 g/mol. The standard InChI is InChI=1S/C21H21ClF4N2O3/c1-20(2,3)31-19(29)28-7-6-16-13(10-28)8-17(18(27-16)21(24,25)26)30-11-12-4-5-14(22)9-15(12)23/h4-5,8-9H,6-7,10-11H2,1-3H3. The fourth-order valence-corrected chi connectivity index (χ4v) is 3.20. The number of benzene rings is 1. The van der Waals surface area contributed by atoms with Crippen molar-refractivity contribution in [2.24, 2.45) is 0 Å². The zero-order valence-corrected chi connectivity index (χ0v) is 17.9. The van der Waals surface area contributed by atoms with Crippen LogP contribution >= 0.6 is 11.6 Å². The summed E-state index contributed by atoms with van der Waals surface area (Å²) in [7, 11) is 0. The lowest BCUT2D eigenvalue weighted by molar-refractivity contribution is -0.142. The van der Waals surface area contributed by atoms with E-state index in [0.717, 1.165) is 6.07 Å². The molecule has 168 valence electrons. The number of carbonyl (C=O) groups is 1. The van der Waals surface area contributed by atoms with Crippen molar-refractivity contribution in [2.45, 2.75) is 52.1 Å². The van der Waals surface area contributed by atoms with Crippen molar-refractivity contribution in [2.75, 3.05) is 6.54 Å². The maximum atomic E-state index is 14.0. The summed E-state index contributed by atoms with van der Waals surface area (Å²) in [6.45, 7) is 4.94. The summed E-state index contributed by atoms with van der Waals surface area (Å²) in [5.74, 6) is -1.23. The Morgan fingerprint density at radius 1 is 1.23 bits per heavy atom. The molecule has 0 bridgehead atoms. The number of halogens is 5. The molecular weight excluding hydrogens is 440 g/mol. The Morgan fingerprint density at radius 3 is 2.55 bits per heavy atom. The number of carbonyl (C=O) groups excluding carboxylic acids is 1. The first-order chi connectivity index (χ1) is 14.3. The van der Waals surface area contributed by atoms with Gasteiger partial charge in [-0.2, -0.15) is 13.2 Å². The van der Waals surface area contributed by atoms with Crippen molar-refractivity contribution < 1.29 is 31.8 Å². The molecule has 1 aromatic heterocycles. The first-order valence-electron chi connectivity index (χ1n) is 9.48. The molecule has 1 aliphatic rings. The van der Waals surface area contributed by atoms with Crippen molar-refractivity contribution >= 4 is 17.7 Å². The number of nitrogens with zero attached hydrogens (tertiary/aromatic N) is 2. The van der Waals surface area contributed by atoms with Crippen LogP contribution < -0.4 is 4.74 Å². The minimum absolute atomic E-state index is 0.0288. The van der Waals surface area contributed by atoms with Crippen LogP contribution in [0.4, 0.5) is 22.4 Å². The van der Waals surface area contributed by atoms with Crippen LogP contribution in [0.5, 0.6) is 5.75 Å². The molecule has 0 radical (unpaired) electrons. The number of pyridine rings is 1. The van der Waals surface area contributed by atoms with Gasteiger partial charge in [0.1, 0.15) is 18.0 Å². The van der Waals surface area contributed by atoms with Gasteiger partial charge in [-0.1, -0.05) is 17.7 Å². The van der Waals surface area contributed by atoms with Gasteiger partial charge in [0.25, 0.3) is 0 Å². The molecule has 0 atom stereocenters. The molecule has 5 nitrogen and oxygen atoms in total. The summed E-state index contributed by atoms with van der Waals surface area (Å²) in [5.41, 5.74) is -1.20. The van der Waals surface area contributed by atoms with Gasteiger partial charge in [-0.25, -0.2) is 14.2 Å². The topological polar surface area (TPSA) is 51.7 Å². The maximum absolute atomic E-state index is 14.0. The number of fused-ring (bicyclic) bond motifs is 1. The lowest BCUT2D eigenvalue weighted by atomic mass is 10.0. The third-order valence-corrected chi connectivity index (χ3v) is 4.69. The quantitative estimate of drug-likeness (QED) is 0.546. The van der Waals surface area contributed by atoms with Crippen molar-refractivity contribution in [3.8, 4) is 5.75 Å². The predicted molar refractivity (Wildman–Crippen MR) is 105 cm³/mol. The predicted octanol–water partition coefficient (Wildman–Crippen LogP) is 5.77. The van der Waals surface area contributed by atoms with Gasteiger partial charge in [-0.05, 0) is 44.5 Å². The number of ether oxygens (including phenoxy) is 2. The van der Waals surface area contributed by atoms with E-state index in [4.69, 9.17) is 21.1 Å². The summed E-state index contributed by atoms with van der Waals surface area (Å²) in [4.78, 5) is 17.5. The monoisotopic (exact) mass is 460 g/mol. The second-order valence-corrected chi connectivity index (χ2v) is 8.55. The van der Waals surface area contributed by atoms with Crippen molar-refractivity contribution in [3.05, 3.63) is 57.6 Å². The second kappa shape index (κ2) is 8.53. The number of alkyl halides is 3. The van der Waals surface area contributed by atoms with E-state index in [2.05, 4.69) is 4.98 Å². The van der Waals surface area contributed by atoms with Crippen LogP contribution in [0, 0.1) is 5.82 Å². The molecule has 0 fully saturated rings. The molecule has 0 aliphatic carbocycles. The molecule has 0 spiro atoms. The van der Waals surface area contributed by atoms with Gasteiger partial charge in [0.15, 0.2) is 11.4 Å². The Labute approximate surface area is 181 Å². The van der Waals surface area contributed by atoms with Crippen molar-refractivity contribution in [1.29, 1.82) is 0 Å². The summed E-state index contributed by atoms with van der Waals surface area (Å²) < 4.78 is 65.3. The van der Waals surface area contributed by atoms with E-state index in [9.17, 15) is 22.4 Å². The zero-order chi connectivity index (χ0) is 23.0. The SMILES string of the molecule is CC(C)(C)OC(=O)N1CCc2nc(C(F)(F)F)c(OCc3ccc(Cl)cc3F)cc2C1. The van der Waals surface area contributed by atoms with Crippen LogP contribution in [-0.2, 0) is 30.5 Å². The first kappa shape index (κ1) is 23.1. The van der Waals surface area contributed by atoms with Gasteiger partial charge in [0, 0.05) is 29.2 Å². The summed E-state index contributed by atoms with van der Waals surface area (Å²) >= 11 is 5.70. The largest absolute Gasteiger partial charge is 0.487 e. The molecule has 1 amide bonds. The van der Waals surface area contributed by atoms with Crippen molar-refractivity contribution in [1.82, 2.24) is 9.88 Å². The van der Waals surface area contributed by atoms with E-state index >= 15 is 0 Å². The van der Waals surface area contributed by atoms with E-state index in [1.54, 1.807) is 20.8 Å². The highest BCUT2D eigenvalue weighted by Gasteiger charge is 2.38. The second-order valence-electron chi connectivity index (χ2n) is 8.11. The minimum Gasteiger partial charge on any atom is -0.487 e. The van der Waals surface area contributed by atoms with Gasteiger partial charge < -0.3 is 14.4 Å². The van der Waals surface area contributed by atoms with E-state index in [1.165, 1.54) is 23.1 Å². The number of hydrogen-bond donors (Lipinski definition) is 0. The molecular formula is C21H21ClF4N2O3. The smallest absolute Gasteiger partial charge is 0.437 e. The van der Waals surface area contributed by atoms with Crippen LogP contribution in [0.25, 0.3) is 0 Å². The number of amides is 1. The average Bonchev–Trinajstić information content (AvgIpc) is 2.64. The maximum Gasteiger partial charge on any atom is 0.437 e. The fraction of sp³-hybridized carbons (Fsp3) is 0.429. The lowest BCUT2D eigenvalue weighted by Gasteiger charge is -2.31. The molecule has 0 unspecified atom stereocenters. The van der Waals surface area contributed by atoms with Crippen LogP contribution in [0.2, 0.25) is 5.02 Å². The van der Waals surface area contributed by atoms with Crippen LogP contribution in [-0.4, -0.2) is 28.1 Å². The molecule has 31 heavy (non-hydrogen) atoms. The Balaban J connectivity index is 1.87. The number of aromatic nitrogens is 1. The van der Waals surface area contributed by atoms with Gasteiger partial charge in [0.2, 0.25) is 0 Å². The molecule has 1 aliphatic heterocycles. The normalized spacial score (nSPS) is 14.3. The van der Waals surface area contributed by atoms with E-state index < -0.39 is 41.7 Å². The molecule has 3 rings (SSSR count). The Kier molecular flexibility index (Phi) is 6.36. The molecule has 0 saturated heterocycles. The van der Waals surface area contributed by atoms with E-state index in [0.29, 0.717) is 5.56 Å². The first-order valence-corrected chi connectivity index (χ1v) is 9.86. The molecule has 2 aromatic rings. The van der Waals surface area contributed by atoms with Crippen LogP contribution in [0.15, 0.2) is 24.3 Å². The summed E-state index contributed by atoms with van der Waals surface area (Å²) in [6, 6.07) is 5.00. The highest BCUT2D eigenvalue weighted by atomic mass is 35.5. The number of rotatable bonds is 3. The highest BCUT2D eigenvalue weighted by molar-refractivity contribution is 6.30. The third kappa shape index (κ3) is 5.78. The number of hydrogen-bond acceptors (Lipinski definition) is 4. The van der Waals surface area contributed by atoms with Gasteiger partial charge in [0.05, 0.1) is 6.54 Å². The van der Waals surface area contributed by atoms with E-state index in [1.807, 2.05) is 0 Å².